The summed E-state index contributed by atoms with van der Waals surface area (Å²) in [4.78, 5) is 29.5. The lowest BCUT2D eigenvalue weighted by atomic mass is 10.1. The van der Waals surface area contributed by atoms with Crippen LogP contribution in [0.5, 0.6) is 0 Å². The van der Waals surface area contributed by atoms with Gasteiger partial charge in [0.1, 0.15) is 5.60 Å². The third kappa shape index (κ3) is 6.57. The second kappa shape index (κ2) is 9.57. The fourth-order valence-electron chi connectivity index (χ4n) is 3.50. The summed E-state index contributed by atoms with van der Waals surface area (Å²) in [5.74, 6) is -1.08. The van der Waals surface area contributed by atoms with Gasteiger partial charge >= 0.3 is 12.3 Å². The standard InChI is InChI=1S/C20H23ClF3N3O5S2/c1-19(2,3)32-18(29)25-7-6-16(28)26-17-27(14-9-34(30,31)10-15(14)33-17)11-4-5-13(21)12(8-11)20(22,23)24/h4-5,8,14-15H,6-7,9-10H2,1-3H3,(H,25,29)/t14-,15+/m1/s1. The van der Waals surface area contributed by atoms with Crippen molar-refractivity contribution in [1.82, 2.24) is 5.32 Å². The van der Waals surface area contributed by atoms with Crippen LogP contribution in [0.4, 0.5) is 23.7 Å². The Balaban J connectivity index is 1.82. The second-order valence-electron chi connectivity index (χ2n) is 8.80. The molecule has 34 heavy (non-hydrogen) atoms. The van der Waals surface area contributed by atoms with Crippen LogP contribution in [0.3, 0.4) is 0 Å². The van der Waals surface area contributed by atoms with Gasteiger partial charge in [0.25, 0.3) is 0 Å². The Morgan fingerprint density at radius 3 is 2.56 bits per heavy atom. The zero-order valence-electron chi connectivity index (χ0n) is 18.5. The Bertz CT molecular complexity index is 1120. The number of hydrogen-bond acceptors (Lipinski definition) is 6. The minimum absolute atomic E-state index is 0.0345. The van der Waals surface area contributed by atoms with E-state index in [1.807, 2.05) is 0 Å². The number of halogens is 4. The maximum absolute atomic E-state index is 13.4. The van der Waals surface area contributed by atoms with Crippen LogP contribution < -0.4 is 10.2 Å². The molecule has 8 nitrogen and oxygen atoms in total. The third-order valence-electron chi connectivity index (χ3n) is 4.83. The predicted molar refractivity (Wildman–Crippen MR) is 124 cm³/mol. The summed E-state index contributed by atoms with van der Waals surface area (Å²) < 4.78 is 69.5. The van der Waals surface area contributed by atoms with E-state index in [1.165, 1.54) is 11.0 Å². The Morgan fingerprint density at radius 1 is 1.26 bits per heavy atom. The number of alkyl halides is 3. The van der Waals surface area contributed by atoms with E-state index in [0.717, 1.165) is 23.9 Å². The first-order valence-corrected chi connectivity index (χ1v) is 13.2. The van der Waals surface area contributed by atoms with Crippen molar-refractivity contribution in [3.63, 3.8) is 0 Å². The Kier molecular flexibility index (Phi) is 7.49. The molecule has 1 aromatic rings. The lowest BCUT2D eigenvalue weighted by Gasteiger charge is -2.25. The van der Waals surface area contributed by atoms with Crippen molar-refractivity contribution in [2.24, 2.45) is 4.99 Å². The van der Waals surface area contributed by atoms with Crippen LogP contribution in [0, 0.1) is 0 Å². The normalized spacial score (nSPS) is 23.1. The number of benzene rings is 1. The monoisotopic (exact) mass is 541 g/mol. The smallest absolute Gasteiger partial charge is 0.417 e. The van der Waals surface area contributed by atoms with Gasteiger partial charge in [0.05, 0.1) is 28.1 Å². The molecule has 3 rings (SSSR count). The number of sulfone groups is 1. The number of carbonyl (C=O) groups excluding carboxylic acids is 2. The van der Waals surface area contributed by atoms with Crippen LogP contribution in [0.1, 0.15) is 32.8 Å². The molecule has 2 atom stereocenters. The molecule has 1 aromatic carbocycles. The van der Waals surface area contributed by atoms with Crippen LogP contribution in [-0.2, 0) is 25.5 Å². The van der Waals surface area contributed by atoms with Crippen molar-refractivity contribution >= 4 is 56.1 Å². The molecule has 1 N–H and O–H groups in total. The second-order valence-corrected chi connectivity index (χ2v) is 12.6. The van der Waals surface area contributed by atoms with Crippen LogP contribution in [-0.4, -0.2) is 60.5 Å². The molecule has 2 fully saturated rings. The van der Waals surface area contributed by atoms with E-state index < -0.39 is 55.5 Å². The van der Waals surface area contributed by atoms with Crippen molar-refractivity contribution in [2.45, 2.75) is 50.3 Å². The highest BCUT2D eigenvalue weighted by Gasteiger charge is 2.49. The summed E-state index contributed by atoms with van der Waals surface area (Å²) in [6, 6.07) is 2.55. The molecule has 0 aromatic heterocycles. The van der Waals surface area contributed by atoms with Gasteiger partial charge in [-0.3, -0.25) is 4.79 Å². The fraction of sp³-hybridized carbons (Fsp3) is 0.550. The van der Waals surface area contributed by atoms with E-state index >= 15 is 0 Å². The van der Waals surface area contributed by atoms with Crippen LogP contribution in [0.2, 0.25) is 5.02 Å². The zero-order valence-corrected chi connectivity index (χ0v) is 20.9. The first-order valence-electron chi connectivity index (χ1n) is 10.2. The van der Waals surface area contributed by atoms with Gasteiger partial charge in [-0.2, -0.15) is 18.2 Å². The van der Waals surface area contributed by atoms with Crippen molar-refractivity contribution in [1.29, 1.82) is 0 Å². The number of amidine groups is 1. The van der Waals surface area contributed by atoms with Crippen molar-refractivity contribution in [3.8, 4) is 0 Å². The van der Waals surface area contributed by atoms with Gasteiger partial charge in [0, 0.05) is 23.9 Å². The molecule has 2 amide bonds. The van der Waals surface area contributed by atoms with Gasteiger partial charge < -0.3 is 15.0 Å². The summed E-state index contributed by atoms with van der Waals surface area (Å²) >= 11 is 6.75. The first kappa shape index (κ1) is 26.6. The van der Waals surface area contributed by atoms with Gasteiger partial charge in [-0.15, -0.1) is 0 Å². The number of fused-ring (bicyclic) bond motifs is 1. The average molecular weight is 542 g/mol. The molecule has 0 saturated carbocycles. The predicted octanol–water partition coefficient (Wildman–Crippen LogP) is 3.88. The number of aliphatic imine (C=N–C) groups is 1. The maximum atomic E-state index is 13.4. The number of carbonyl (C=O) groups is 2. The van der Waals surface area contributed by atoms with Gasteiger partial charge in [-0.25, -0.2) is 13.2 Å². The van der Waals surface area contributed by atoms with E-state index in [0.29, 0.717) is 0 Å². The molecule has 2 saturated heterocycles. The number of nitrogens with one attached hydrogen (secondary N) is 1. The first-order chi connectivity index (χ1) is 15.6. The number of amides is 2. The summed E-state index contributed by atoms with van der Waals surface area (Å²) in [5, 5.41) is 1.54. The number of thioether (sulfide) groups is 1. The van der Waals surface area contributed by atoms with Crippen molar-refractivity contribution < 1.29 is 35.9 Å². The Morgan fingerprint density at radius 2 is 1.94 bits per heavy atom. The van der Waals surface area contributed by atoms with E-state index in [2.05, 4.69) is 10.3 Å². The highest BCUT2D eigenvalue weighted by atomic mass is 35.5. The Hall–Kier alpha value is -1.99. The van der Waals surface area contributed by atoms with E-state index in [-0.39, 0.29) is 35.3 Å². The number of nitrogens with zero attached hydrogens (tertiary/aromatic N) is 2. The van der Waals surface area contributed by atoms with E-state index in [9.17, 15) is 31.2 Å². The van der Waals surface area contributed by atoms with Crippen molar-refractivity contribution in [2.75, 3.05) is 23.0 Å². The van der Waals surface area contributed by atoms with Gasteiger partial charge in [-0.1, -0.05) is 23.4 Å². The summed E-state index contributed by atoms with van der Waals surface area (Å²) in [5.41, 5.74) is -1.75. The number of rotatable bonds is 4. The molecule has 2 aliphatic heterocycles. The maximum Gasteiger partial charge on any atom is 0.417 e. The summed E-state index contributed by atoms with van der Waals surface area (Å²) in [6.07, 6.45) is -5.61. The quantitative estimate of drug-likeness (QED) is 0.617. The Labute approximate surface area is 204 Å². The van der Waals surface area contributed by atoms with Crippen LogP contribution >= 0.6 is 23.4 Å². The number of ether oxygens (including phenoxy) is 1. The van der Waals surface area contributed by atoms with E-state index in [4.69, 9.17) is 16.3 Å². The molecule has 0 unspecified atom stereocenters. The molecular weight excluding hydrogens is 519 g/mol. The zero-order chi connectivity index (χ0) is 25.5. The lowest BCUT2D eigenvalue weighted by molar-refractivity contribution is -0.137. The minimum atomic E-state index is -4.72. The molecular formula is C20H23ClF3N3O5S2. The molecule has 2 heterocycles. The molecule has 2 aliphatic rings. The molecule has 14 heteroatoms. The largest absolute Gasteiger partial charge is 0.444 e. The van der Waals surface area contributed by atoms with Crippen molar-refractivity contribution in [3.05, 3.63) is 28.8 Å². The van der Waals surface area contributed by atoms with E-state index in [1.54, 1.807) is 20.8 Å². The molecule has 0 bridgehead atoms. The molecule has 0 spiro atoms. The average Bonchev–Trinajstić information content (AvgIpc) is 3.10. The molecule has 0 aliphatic carbocycles. The molecule has 188 valence electrons. The van der Waals surface area contributed by atoms with Gasteiger partial charge in [0.15, 0.2) is 15.0 Å². The highest BCUT2D eigenvalue weighted by Crippen LogP contribution is 2.43. The number of alkyl carbamates (subject to hydrolysis) is 1. The van der Waals surface area contributed by atoms with Gasteiger partial charge in [0.2, 0.25) is 5.91 Å². The SMILES string of the molecule is CC(C)(C)OC(=O)NCCC(=O)N=C1S[C@H]2CS(=O)(=O)C[C@H]2N1c1ccc(Cl)c(C(F)(F)F)c1. The summed E-state index contributed by atoms with van der Waals surface area (Å²) in [6.45, 7) is 5.00. The van der Waals surface area contributed by atoms with Crippen LogP contribution in [0.25, 0.3) is 0 Å². The topological polar surface area (TPSA) is 105 Å². The summed E-state index contributed by atoms with van der Waals surface area (Å²) in [7, 11) is -3.40. The number of hydrogen-bond donors (Lipinski definition) is 1. The minimum Gasteiger partial charge on any atom is -0.444 e. The fourth-order valence-corrected chi connectivity index (χ4v) is 7.65. The van der Waals surface area contributed by atoms with Gasteiger partial charge in [-0.05, 0) is 39.0 Å². The lowest BCUT2D eigenvalue weighted by Crippen LogP contribution is -2.38. The molecule has 0 radical (unpaired) electrons. The number of anilines is 1. The van der Waals surface area contributed by atoms with Crippen LogP contribution in [0.15, 0.2) is 23.2 Å². The highest BCUT2D eigenvalue weighted by molar-refractivity contribution is 8.16. The third-order valence-corrected chi connectivity index (χ3v) is 8.37.